The first-order valence-electron chi connectivity index (χ1n) is 8.61. The molecule has 3 heterocycles. The van der Waals surface area contributed by atoms with Gasteiger partial charge < -0.3 is 9.40 Å². The molecule has 0 saturated carbocycles. The molecule has 4 aromatic rings. The van der Waals surface area contributed by atoms with Crippen LogP contribution in [0, 0.1) is 0 Å². The van der Waals surface area contributed by atoms with E-state index in [1.807, 2.05) is 12.1 Å². The Kier molecular flexibility index (Phi) is 5.00. The predicted octanol–water partition coefficient (Wildman–Crippen LogP) is 4.39. The summed E-state index contributed by atoms with van der Waals surface area (Å²) in [7, 11) is 2.10. The Labute approximate surface area is 160 Å². The maximum absolute atomic E-state index is 12.1. The highest BCUT2D eigenvalue weighted by molar-refractivity contribution is 7.09. The number of hydrogen-bond donors (Lipinski definition) is 1. The average Bonchev–Trinajstić information content (AvgIpc) is 3.35. The molecule has 0 fully saturated rings. The van der Waals surface area contributed by atoms with Crippen molar-refractivity contribution < 1.29 is 4.42 Å². The Morgan fingerprint density at radius 1 is 1.11 bits per heavy atom. The van der Waals surface area contributed by atoms with Crippen LogP contribution in [0.15, 0.2) is 75.6 Å². The van der Waals surface area contributed by atoms with Gasteiger partial charge in [0.2, 0.25) is 0 Å². The Bertz CT molecular complexity index is 1070. The summed E-state index contributed by atoms with van der Waals surface area (Å²) in [6.07, 6.45) is 3.16. The first-order chi connectivity index (χ1) is 13.2. The van der Waals surface area contributed by atoms with Crippen LogP contribution in [-0.2, 0) is 13.1 Å². The van der Waals surface area contributed by atoms with Crippen LogP contribution in [0.2, 0.25) is 0 Å². The fraction of sp³-hybridized carbons (Fsp3) is 0.143. The molecule has 6 heteroatoms. The second-order valence-corrected chi connectivity index (χ2v) is 7.48. The monoisotopic (exact) mass is 377 g/mol. The normalized spacial score (nSPS) is 11.2. The van der Waals surface area contributed by atoms with E-state index >= 15 is 0 Å². The number of benzene rings is 1. The first-order valence-corrected chi connectivity index (χ1v) is 9.49. The molecule has 4 rings (SSSR count). The molecule has 0 aliphatic heterocycles. The van der Waals surface area contributed by atoms with Crippen molar-refractivity contribution in [2.45, 2.75) is 13.1 Å². The van der Waals surface area contributed by atoms with E-state index in [9.17, 15) is 4.79 Å². The third-order valence-electron chi connectivity index (χ3n) is 4.22. The number of hydrogen-bond acceptors (Lipinski definition) is 5. The molecule has 136 valence electrons. The fourth-order valence-corrected chi connectivity index (χ4v) is 3.79. The van der Waals surface area contributed by atoms with Crippen LogP contribution < -0.4 is 5.56 Å². The average molecular weight is 377 g/mol. The van der Waals surface area contributed by atoms with E-state index in [2.05, 4.69) is 51.6 Å². The van der Waals surface area contributed by atoms with Crippen molar-refractivity contribution in [2.75, 3.05) is 7.05 Å². The SMILES string of the molecule is CN(Cc1cccc(-c2nc(-c3ccoc3)cc(=O)[nH]2)c1)Cc1cccs1. The van der Waals surface area contributed by atoms with Gasteiger partial charge in [0.05, 0.1) is 18.2 Å². The molecular formula is C21H19N3O2S. The van der Waals surface area contributed by atoms with Gasteiger partial charge in [0, 0.05) is 35.2 Å². The van der Waals surface area contributed by atoms with E-state index < -0.39 is 0 Å². The summed E-state index contributed by atoms with van der Waals surface area (Å²) < 4.78 is 5.10. The zero-order chi connectivity index (χ0) is 18.6. The molecule has 0 aliphatic carbocycles. The van der Waals surface area contributed by atoms with E-state index in [4.69, 9.17) is 4.42 Å². The second-order valence-electron chi connectivity index (χ2n) is 6.44. The molecule has 1 N–H and O–H groups in total. The minimum atomic E-state index is -0.184. The maximum Gasteiger partial charge on any atom is 0.251 e. The topological polar surface area (TPSA) is 62.1 Å². The number of aromatic nitrogens is 2. The molecule has 5 nitrogen and oxygen atoms in total. The van der Waals surface area contributed by atoms with E-state index in [0.717, 1.165) is 24.2 Å². The van der Waals surface area contributed by atoms with Gasteiger partial charge in [-0.1, -0.05) is 24.3 Å². The van der Waals surface area contributed by atoms with Gasteiger partial charge in [-0.2, -0.15) is 0 Å². The van der Waals surface area contributed by atoms with E-state index in [1.165, 1.54) is 16.5 Å². The summed E-state index contributed by atoms with van der Waals surface area (Å²) in [5, 5.41) is 2.10. The van der Waals surface area contributed by atoms with Crippen LogP contribution in [-0.4, -0.2) is 21.9 Å². The van der Waals surface area contributed by atoms with Gasteiger partial charge in [0.25, 0.3) is 5.56 Å². The lowest BCUT2D eigenvalue weighted by molar-refractivity contribution is 0.322. The van der Waals surface area contributed by atoms with E-state index in [1.54, 1.807) is 29.9 Å². The minimum Gasteiger partial charge on any atom is -0.472 e. The van der Waals surface area contributed by atoms with Gasteiger partial charge in [0.1, 0.15) is 5.82 Å². The molecule has 0 bridgehead atoms. The number of H-pyrrole nitrogens is 1. The van der Waals surface area contributed by atoms with Crippen molar-refractivity contribution in [1.29, 1.82) is 0 Å². The van der Waals surface area contributed by atoms with Crippen LogP contribution in [0.25, 0.3) is 22.6 Å². The predicted molar refractivity (Wildman–Crippen MR) is 107 cm³/mol. The number of furan rings is 1. The lowest BCUT2D eigenvalue weighted by Crippen LogP contribution is -2.16. The quantitative estimate of drug-likeness (QED) is 0.541. The molecule has 3 aromatic heterocycles. The van der Waals surface area contributed by atoms with Gasteiger partial charge in [-0.05, 0) is 36.2 Å². The molecule has 0 amide bonds. The molecule has 0 saturated heterocycles. The molecule has 0 aliphatic rings. The van der Waals surface area contributed by atoms with E-state index in [0.29, 0.717) is 11.5 Å². The molecule has 27 heavy (non-hydrogen) atoms. The molecule has 0 spiro atoms. The van der Waals surface area contributed by atoms with Gasteiger partial charge in [-0.15, -0.1) is 11.3 Å². The summed E-state index contributed by atoms with van der Waals surface area (Å²) >= 11 is 1.76. The molecule has 1 aromatic carbocycles. The van der Waals surface area contributed by atoms with Crippen molar-refractivity contribution in [1.82, 2.24) is 14.9 Å². The lowest BCUT2D eigenvalue weighted by Gasteiger charge is -2.16. The Balaban J connectivity index is 1.58. The van der Waals surface area contributed by atoms with Crippen molar-refractivity contribution in [3.05, 3.63) is 87.2 Å². The number of nitrogens with one attached hydrogen (secondary N) is 1. The van der Waals surface area contributed by atoms with Gasteiger partial charge in [-0.3, -0.25) is 9.69 Å². The second kappa shape index (κ2) is 7.73. The van der Waals surface area contributed by atoms with Crippen molar-refractivity contribution in [2.24, 2.45) is 0 Å². The summed E-state index contributed by atoms with van der Waals surface area (Å²) in [4.78, 5) is 23.1. The summed E-state index contributed by atoms with van der Waals surface area (Å²) in [5.74, 6) is 0.557. The summed E-state index contributed by atoms with van der Waals surface area (Å²) in [5.41, 5.74) is 3.26. The van der Waals surface area contributed by atoms with Gasteiger partial charge >= 0.3 is 0 Å². The van der Waals surface area contributed by atoms with Gasteiger partial charge in [0.15, 0.2) is 0 Å². The number of nitrogens with zero attached hydrogens (tertiary/aromatic N) is 2. The van der Waals surface area contributed by atoms with Crippen molar-refractivity contribution in [3.8, 4) is 22.6 Å². The molecule has 0 unspecified atom stereocenters. The zero-order valence-electron chi connectivity index (χ0n) is 14.9. The van der Waals surface area contributed by atoms with Crippen LogP contribution >= 0.6 is 11.3 Å². The third-order valence-corrected chi connectivity index (χ3v) is 5.08. The molecular weight excluding hydrogens is 358 g/mol. The number of thiophene rings is 1. The maximum atomic E-state index is 12.1. The minimum absolute atomic E-state index is 0.184. The Morgan fingerprint density at radius 3 is 2.81 bits per heavy atom. The van der Waals surface area contributed by atoms with Crippen molar-refractivity contribution in [3.63, 3.8) is 0 Å². The number of rotatable bonds is 6. The van der Waals surface area contributed by atoms with Crippen LogP contribution in [0.1, 0.15) is 10.4 Å². The van der Waals surface area contributed by atoms with Crippen LogP contribution in [0.5, 0.6) is 0 Å². The highest BCUT2D eigenvalue weighted by Gasteiger charge is 2.09. The fourth-order valence-electron chi connectivity index (χ4n) is 3.01. The lowest BCUT2D eigenvalue weighted by atomic mass is 10.1. The van der Waals surface area contributed by atoms with Crippen LogP contribution in [0.4, 0.5) is 0 Å². The summed E-state index contributed by atoms with van der Waals surface area (Å²) in [6, 6.07) is 15.6. The smallest absolute Gasteiger partial charge is 0.251 e. The van der Waals surface area contributed by atoms with Crippen LogP contribution in [0.3, 0.4) is 0 Å². The molecule has 0 atom stereocenters. The number of aromatic amines is 1. The standard InChI is InChI=1S/C21H19N3O2S/c1-24(13-18-6-3-9-27-18)12-15-4-2-5-16(10-15)21-22-19(11-20(25)23-21)17-7-8-26-14-17/h2-11,14H,12-13H2,1H3,(H,22,23,25). The van der Waals surface area contributed by atoms with E-state index in [-0.39, 0.29) is 5.56 Å². The first kappa shape index (κ1) is 17.5. The molecule has 0 radical (unpaired) electrons. The Morgan fingerprint density at radius 2 is 2.04 bits per heavy atom. The largest absolute Gasteiger partial charge is 0.472 e. The zero-order valence-corrected chi connectivity index (χ0v) is 15.7. The van der Waals surface area contributed by atoms with Crippen molar-refractivity contribution >= 4 is 11.3 Å². The highest BCUT2D eigenvalue weighted by Crippen LogP contribution is 2.21. The Hall–Kier alpha value is -2.96. The summed E-state index contributed by atoms with van der Waals surface area (Å²) in [6.45, 7) is 1.73. The third kappa shape index (κ3) is 4.24. The van der Waals surface area contributed by atoms with Gasteiger partial charge in [-0.25, -0.2) is 4.98 Å². The highest BCUT2D eigenvalue weighted by atomic mass is 32.1.